The number of hydrogen-bond donors (Lipinski definition) is 0. The third kappa shape index (κ3) is 4.26. The zero-order valence-corrected chi connectivity index (χ0v) is 10.2. The molecule has 0 heterocycles. The minimum absolute atomic E-state index is 0.203. The van der Waals surface area contributed by atoms with Crippen LogP contribution >= 0.6 is 0 Å². The van der Waals surface area contributed by atoms with Gasteiger partial charge in [0.15, 0.2) is 5.78 Å². The Morgan fingerprint density at radius 1 is 1.18 bits per heavy atom. The van der Waals surface area contributed by atoms with Gasteiger partial charge in [0.05, 0.1) is 13.2 Å². The molecular formula is C13H16O4. The number of rotatable bonds is 5. The van der Waals surface area contributed by atoms with E-state index in [9.17, 15) is 9.59 Å². The lowest BCUT2D eigenvalue weighted by molar-refractivity contribution is -0.146. The number of ether oxygens (including phenoxy) is 2. The number of carbonyl (C=O) groups is 2. The lowest BCUT2D eigenvalue weighted by Gasteiger charge is -2.07. The van der Waals surface area contributed by atoms with Gasteiger partial charge in [0.2, 0.25) is 0 Å². The first-order chi connectivity index (χ1) is 8.02. The Kier molecular flexibility index (Phi) is 4.69. The monoisotopic (exact) mass is 236 g/mol. The molecule has 0 aliphatic carbocycles. The van der Waals surface area contributed by atoms with E-state index in [1.807, 2.05) is 0 Å². The fraction of sp³-hybridized carbons (Fsp3) is 0.385. The van der Waals surface area contributed by atoms with Crippen molar-refractivity contribution >= 4 is 11.8 Å². The Bertz CT molecular complexity index is 392. The average molecular weight is 236 g/mol. The molecule has 0 fully saturated rings. The van der Waals surface area contributed by atoms with Gasteiger partial charge in [0.25, 0.3) is 0 Å². The molecule has 0 saturated carbocycles. The topological polar surface area (TPSA) is 52.6 Å². The summed E-state index contributed by atoms with van der Waals surface area (Å²) in [5.41, 5.74) is 0.478. The van der Waals surface area contributed by atoms with Gasteiger partial charge in [-0.15, -0.1) is 0 Å². The van der Waals surface area contributed by atoms with Crippen LogP contribution in [-0.2, 0) is 9.53 Å². The van der Waals surface area contributed by atoms with Gasteiger partial charge in [-0.1, -0.05) is 0 Å². The quantitative estimate of drug-likeness (QED) is 0.447. The average Bonchev–Trinajstić information content (AvgIpc) is 2.28. The molecule has 0 aliphatic heterocycles. The van der Waals surface area contributed by atoms with E-state index in [-0.39, 0.29) is 18.3 Å². The molecule has 4 nitrogen and oxygen atoms in total. The normalized spacial score (nSPS) is 10.1. The van der Waals surface area contributed by atoms with E-state index in [0.29, 0.717) is 11.3 Å². The molecule has 1 rings (SSSR count). The molecular weight excluding hydrogens is 220 g/mol. The molecule has 4 heteroatoms. The van der Waals surface area contributed by atoms with Crippen LogP contribution in [-0.4, -0.2) is 25.0 Å². The van der Waals surface area contributed by atoms with Crippen LogP contribution in [0.25, 0.3) is 0 Å². The number of ketones is 1. The van der Waals surface area contributed by atoms with Gasteiger partial charge in [0, 0.05) is 5.56 Å². The zero-order chi connectivity index (χ0) is 12.8. The molecule has 17 heavy (non-hydrogen) atoms. The Balaban J connectivity index is 2.60. The van der Waals surface area contributed by atoms with Crippen LogP contribution in [0.1, 0.15) is 30.6 Å². The molecule has 0 spiro atoms. The Labute approximate surface area is 101 Å². The van der Waals surface area contributed by atoms with Crippen LogP contribution in [0.4, 0.5) is 0 Å². The molecule has 0 aromatic heterocycles. The van der Waals surface area contributed by atoms with Crippen molar-refractivity contribution in [2.45, 2.75) is 26.4 Å². The lowest BCUT2D eigenvalue weighted by Crippen LogP contribution is -2.15. The molecule has 0 bridgehead atoms. The van der Waals surface area contributed by atoms with Crippen LogP contribution in [0.2, 0.25) is 0 Å². The van der Waals surface area contributed by atoms with Crippen molar-refractivity contribution in [1.29, 1.82) is 0 Å². The molecule has 0 unspecified atom stereocenters. The maximum absolute atomic E-state index is 11.7. The Morgan fingerprint density at radius 3 is 2.24 bits per heavy atom. The first kappa shape index (κ1) is 13.2. The van der Waals surface area contributed by atoms with E-state index in [1.165, 1.54) is 0 Å². The van der Waals surface area contributed by atoms with Crippen molar-refractivity contribution < 1.29 is 19.1 Å². The number of Topliss-reactive ketones (excluding diaryl/α,β-unsaturated/α-hetero) is 1. The Hall–Kier alpha value is -1.84. The third-order valence-corrected chi connectivity index (χ3v) is 2.08. The van der Waals surface area contributed by atoms with Crippen molar-refractivity contribution in [1.82, 2.24) is 0 Å². The standard InChI is InChI=1S/C13H16O4/c1-9(2)17-13(15)8-12(14)10-4-6-11(16-3)7-5-10/h4-7,9H,8H2,1-3H3. The molecule has 0 saturated heterocycles. The summed E-state index contributed by atoms with van der Waals surface area (Å²) in [5, 5.41) is 0. The number of esters is 1. The second-order valence-corrected chi connectivity index (χ2v) is 3.87. The second-order valence-electron chi connectivity index (χ2n) is 3.87. The number of carbonyl (C=O) groups excluding carboxylic acids is 2. The number of benzene rings is 1. The van der Waals surface area contributed by atoms with E-state index in [2.05, 4.69) is 0 Å². The molecule has 92 valence electrons. The first-order valence-corrected chi connectivity index (χ1v) is 5.39. The molecule has 0 N–H and O–H groups in total. The maximum Gasteiger partial charge on any atom is 0.313 e. The molecule has 0 aliphatic rings. The van der Waals surface area contributed by atoms with Crippen LogP contribution in [0.15, 0.2) is 24.3 Å². The van der Waals surface area contributed by atoms with Gasteiger partial charge < -0.3 is 9.47 Å². The van der Waals surface area contributed by atoms with Gasteiger partial charge >= 0.3 is 5.97 Å². The summed E-state index contributed by atoms with van der Waals surface area (Å²) >= 11 is 0. The van der Waals surface area contributed by atoms with E-state index in [1.54, 1.807) is 45.2 Å². The van der Waals surface area contributed by atoms with Crippen molar-refractivity contribution in [2.24, 2.45) is 0 Å². The van der Waals surface area contributed by atoms with Gasteiger partial charge in [0.1, 0.15) is 12.2 Å². The molecule has 1 aromatic carbocycles. The molecule has 0 amide bonds. The van der Waals surface area contributed by atoms with Gasteiger partial charge in [-0.2, -0.15) is 0 Å². The molecule has 1 aromatic rings. The summed E-state index contributed by atoms with van der Waals surface area (Å²) in [7, 11) is 1.55. The second kappa shape index (κ2) is 6.03. The Morgan fingerprint density at radius 2 is 1.76 bits per heavy atom. The van der Waals surface area contributed by atoms with Crippen molar-refractivity contribution in [3.8, 4) is 5.75 Å². The van der Waals surface area contributed by atoms with Gasteiger partial charge in [-0.25, -0.2) is 0 Å². The first-order valence-electron chi connectivity index (χ1n) is 5.39. The van der Waals surface area contributed by atoms with E-state index in [4.69, 9.17) is 9.47 Å². The fourth-order valence-electron chi connectivity index (χ4n) is 1.31. The molecule has 0 radical (unpaired) electrons. The highest BCUT2D eigenvalue weighted by Gasteiger charge is 2.13. The predicted octanol–water partition coefficient (Wildman–Crippen LogP) is 2.22. The summed E-state index contributed by atoms with van der Waals surface area (Å²) in [4.78, 5) is 23.0. The maximum atomic E-state index is 11.7. The van der Waals surface area contributed by atoms with Crippen molar-refractivity contribution in [2.75, 3.05) is 7.11 Å². The van der Waals surface area contributed by atoms with Gasteiger partial charge in [-0.3, -0.25) is 9.59 Å². The number of hydrogen-bond acceptors (Lipinski definition) is 4. The van der Waals surface area contributed by atoms with E-state index >= 15 is 0 Å². The van der Waals surface area contributed by atoms with Crippen molar-refractivity contribution in [3.05, 3.63) is 29.8 Å². The lowest BCUT2D eigenvalue weighted by atomic mass is 10.1. The highest BCUT2D eigenvalue weighted by atomic mass is 16.5. The summed E-state index contributed by atoms with van der Waals surface area (Å²) in [6, 6.07) is 6.62. The number of methoxy groups -OCH3 is 1. The summed E-state index contributed by atoms with van der Waals surface area (Å²) < 4.78 is 9.88. The zero-order valence-electron chi connectivity index (χ0n) is 10.2. The van der Waals surface area contributed by atoms with Gasteiger partial charge in [-0.05, 0) is 38.1 Å². The van der Waals surface area contributed by atoms with E-state index in [0.717, 1.165) is 0 Å². The SMILES string of the molecule is COc1ccc(C(=O)CC(=O)OC(C)C)cc1. The van der Waals surface area contributed by atoms with Crippen LogP contribution in [0.3, 0.4) is 0 Å². The highest BCUT2D eigenvalue weighted by Crippen LogP contribution is 2.13. The van der Waals surface area contributed by atoms with Crippen molar-refractivity contribution in [3.63, 3.8) is 0 Å². The highest BCUT2D eigenvalue weighted by molar-refractivity contribution is 6.05. The molecule has 0 atom stereocenters. The van der Waals surface area contributed by atoms with Crippen LogP contribution in [0, 0.1) is 0 Å². The smallest absolute Gasteiger partial charge is 0.313 e. The minimum Gasteiger partial charge on any atom is -0.497 e. The summed E-state index contributed by atoms with van der Waals surface area (Å²) in [6.45, 7) is 3.49. The van der Waals surface area contributed by atoms with Crippen LogP contribution < -0.4 is 4.74 Å². The fourth-order valence-corrected chi connectivity index (χ4v) is 1.31. The van der Waals surface area contributed by atoms with Crippen LogP contribution in [0.5, 0.6) is 5.75 Å². The van der Waals surface area contributed by atoms with E-state index < -0.39 is 5.97 Å². The summed E-state index contributed by atoms with van der Waals surface area (Å²) in [5.74, 6) is -0.0783. The third-order valence-electron chi connectivity index (χ3n) is 2.08. The largest absolute Gasteiger partial charge is 0.497 e. The predicted molar refractivity (Wildman–Crippen MR) is 63.2 cm³/mol. The summed E-state index contributed by atoms with van der Waals surface area (Å²) in [6.07, 6.45) is -0.434. The minimum atomic E-state index is -0.499.